The predicted molar refractivity (Wildman–Crippen MR) is 96.2 cm³/mol. The third-order valence-corrected chi connectivity index (χ3v) is 4.66. The molecule has 1 aliphatic carbocycles. The van der Waals surface area contributed by atoms with Gasteiger partial charge in [0, 0.05) is 6.20 Å². The molecule has 3 rings (SSSR count). The minimum Gasteiger partial charge on any atom is -0.444 e. The first-order chi connectivity index (χ1) is 12.1. The zero-order valence-corrected chi connectivity index (χ0v) is 14.4. The van der Waals surface area contributed by atoms with E-state index in [1.807, 2.05) is 36.4 Å². The summed E-state index contributed by atoms with van der Waals surface area (Å²) in [4.78, 5) is 16.3. The van der Waals surface area contributed by atoms with Gasteiger partial charge in [-0.3, -0.25) is 10.3 Å². The van der Waals surface area contributed by atoms with Gasteiger partial charge in [-0.05, 0) is 48.3 Å². The highest BCUT2D eigenvalue weighted by atomic mass is 16.5. The number of anilines is 1. The molecule has 2 aromatic rings. The van der Waals surface area contributed by atoms with Crippen molar-refractivity contribution in [3.8, 4) is 0 Å². The fraction of sp³-hybridized carbons (Fsp3) is 0.400. The van der Waals surface area contributed by atoms with E-state index in [4.69, 9.17) is 4.74 Å². The number of hydrogen-bond donors (Lipinski definition) is 2. The molecule has 2 N–H and O–H groups in total. The van der Waals surface area contributed by atoms with E-state index >= 15 is 0 Å². The molecule has 25 heavy (non-hydrogen) atoms. The number of pyridine rings is 1. The number of nitrogens with zero attached hydrogens (tertiary/aromatic N) is 1. The number of aromatic nitrogens is 1. The third-order valence-electron chi connectivity index (χ3n) is 4.66. The molecule has 0 saturated heterocycles. The first kappa shape index (κ1) is 17.4. The highest BCUT2D eigenvalue weighted by Gasteiger charge is 2.28. The van der Waals surface area contributed by atoms with Gasteiger partial charge in [0.1, 0.15) is 6.61 Å². The Morgan fingerprint density at radius 3 is 2.80 bits per heavy atom. The van der Waals surface area contributed by atoms with Crippen LogP contribution in [0.15, 0.2) is 48.8 Å². The van der Waals surface area contributed by atoms with Crippen LogP contribution in [0.5, 0.6) is 0 Å². The van der Waals surface area contributed by atoms with Gasteiger partial charge in [0.05, 0.1) is 18.0 Å². The lowest BCUT2D eigenvalue weighted by atomic mass is 9.77. The quantitative estimate of drug-likeness (QED) is 0.879. The van der Waals surface area contributed by atoms with Crippen LogP contribution < -0.4 is 5.32 Å². The second-order valence-electron chi connectivity index (χ2n) is 6.81. The number of rotatable bonds is 4. The summed E-state index contributed by atoms with van der Waals surface area (Å²) in [6, 6.07) is 11.5. The molecule has 0 radical (unpaired) electrons. The van der Waals surface area contributed by atoms with Crippen LogP contribution in [-0.2, 0) is 11.3 Å². The molecule has 3 atom stereocenters. The molecule has 0 spiro atoms. The number of carbonyl (C=O) groups is 1. The summed E-state index contributed by atoms with van der Waals surface area (Å²) in [7, 11) is 0. The Hall–Kier alpha value is -2.40. The van der Waals surface area contributed by atoms with Gasteiger partial charge >= 0.3 is 6.09 Å². The summed E-state index contributed by atoms with van der Waals surface area (Å²) in [6.07, 6.45) is 5.12. The van der Waals surface area contributed by atoms with Crippen LogP contribution in [0.25, 0.3) is 0 Å². The van der Waals surface area contributed by atoms with E-state index in [0.717, 1.165) is 24.0 Å². The lowest BCUT2D eigenvalue weighted by Gasteiger charge is -2.31. The SMILES string of the molecule is CC1C[C@H](O)C[C@H](c2ccncc2NC(=O)OCc2ccccc2)C1. The first-order valence-electron chi connectivity index (χ1n) is 8.71. The number of aliphatic hydroxyl groups excluding tert-OH is 1. The Balaban J connectivity index is 1.65. The fourth-order valence-electron chi connectivity index (χ4n) is 3.56. The number of hydrogen-bond acceptors (Lipinski definition) is 4. The van der Waals surface area contributed by atoms with Crippen LogP contribution in [-0.4, -0.2) is 22.3 Å². The van der Waals surface area contributed by atoms with E-state index in [0.29, 0.717) is 18.0 Å². The van der Waals surface area contributed by atoms with Crippen molar-refractivity contribution in [1.29, 1.82) is 0 Å². The van der Waals surface area contributed by atoms with E-state index < -0.39 is 6.09 Å². The molecule has 132 valence electrons. The number of carbonyl (C=O) groups excluding carboxylic acids is 1. The van der Waals surface area contributed by atoms with Crippen molar-refractivity contribution in [3.05, 3.63) is 59.9 Å². The molecule has 1 amide bonds. The van der Waals surface area contributed by atoms with Crippen molar-refractivity contribution in [2.75, 3.05) is 5.32 Å². The second kappa shape index (κ2) is 8.12. The molecule has 0 bridgehead atoms. The predicted octanol–water partition coefficient (Wildman–Crippen LogP) is 4.09. The van der Waals surface area contributed by atoms with Crippen LogP contribution in [0, 0.1) is 5.92 Å². The lowest BCUT2D eigenvalue weighted by Crippen LogP contribution is -2.25. The van der Waals surface area contributed by atoms with Gasteiger partial charge in [0.25, 0.3) is 0 Å². The van der Waals surface area contributed by atoms with Gasteiger partial charge < -0.3 is 9.84 Å². The van der Waals surface area contributed by atoms with Crippen molar-refractivity contribution >= 4 is 11.8 Å². The summed E-state index contributed by atoms with van der Waals surface area (Å²) < 4.78 is 5.29. The van der Waals surface area contributed by atoms with Crippen LogP contribution in [0.1, 0.15) is 43.2 Å². The molecule has 1 aromatic carbocycles. The largest absolute Gasteiger partial charge is 0.444 e. The summed E-state index contributed by atoms with van der Waals surface area (Å²) in [5.41, 5.74) is 2.61. The van der Waals surface area contributed by atoms with Crippen molar-refractivity contribution in [3.63, 3.8) is 0 Å². The maximum absolute atomic E-state index is 12.1. The zero-order chi connectivity index (χ0) is 17.6. The van der Waals surface area contributed by atoms with Crippen LogP contribution in [0.2, 0.25) is 0 Å². The highest BCUT2D eigenvalue weighted by molar-refractivity contribution is 5.85. The summed E-state index contributed by atoms with van der Waals surface area (Å²) in [5.74, 6) is 0.672. The number of amides is 1. The number of ether oxygens (including phenoxy) is 1. The van der Waals surface area contributed by atoms with Crippen molar-refractivity contribution in [1.82, 2.24) is 4.98 Å². The average Bonchev–Trinajstić information content (AvgIpc) is 2.60. The van der Waals surface area contributed by atoms with Crippen molar-refractivity contribution in [2.24, 2.45) is 5.92 Å². The van der Waals surface area contributed by atoms with E-state index in [-0.39, 0.29) is 18.6 Å². The van der Waals surface area contributed by atoms with E-state index in [1.54, 1.807) is 12.4 Å². The first-order valence-corrected chi connectivity index (χ1v) is 8.71. The van der Waals surface area contributed by atoms with Crippen molar-refractivity contribution < 1.29 is 14.6 Å². The van der Waals surface area contributed by atoms with Crippen molar-refractivity contribution in [2.45, 2.75) is 44.8 Å². The summed E-state index contributed by atoms with van der Waals surface area (Å²) >= 11 is 0. The maximum Gasteiger partial charge on any atom is 0.412 e. The van der Waals surface area contributed by atoms with Crippen LogP contribution >= 0.6 is 0 Å². The lowest BCUT2D eigenvalue weighted by molar-refractivity contribution is 0.0947. The zero-order valence-electron chi connectivity index (χ0n) is 14.4. The summed E-state index contributed by atoms with van der Waals surface area (Å²) in [5, 5.41) is 12.9. The van der Waals surface area contributed by atoms with E-state index in [1.165, 1.54) is 0 Å². The molecule has 1 unspecified atom stereocenters. The van der Waals surface area contributed by atoms with Gasteiger partial charge in [-0.15, -0.1) is 0 Å². The topological polar surface area (TPSA) is 71.5 Å². The minimum atomic E-state index is -0.498. The molecular weight excluding hydrogens is 316 g/mol. The van der Waals surface area contributed by atoms with Gasteiger partial charge in [-0.25, -0.2) is 4.79 Å². The monoisotopic (exact) mass is 340 g/mol. The third kappa shape index (κ3) is 4.79. The Bertz CT molecular complexity index is 695. The average molecular weight is 340 g/mol. The van der Waals surface area contributed by atoms with Gasteiger partial charge in [-0.1, -0.05) is 37.3 Å². The maximum atomic E-state index is 12.1. The molecule has 5 heteroatoms. The van der Waals surface area contributed by atoms with Gasteiger partial charge in [0.2, 0.25) is 0 Å². The smallest absolute Gasteiger partial charge is 0.412 e. The summed E-state index contributed by atoms with van der Waals surface area (Å²) in [6.45, 7) is 2.37. The molecule has 5 nitrogen and oxygen atoms in total. The minimum absolute atomic E-state index is 0.214. The Kier molecular flexibility index (Phi) is 5.66. The molecular formula is C20H24N2O3. The van der Waals surface area contributed by atoms with Gasteiger partial charge in [-0.2, -0.15) is 0 Å². The van der Waals surface area contributed by atoms with Crippen LogP contribution in [0.3, 0.4) is 0 Å². The van der Waals surface area contributed by atoms with E-state index in [9.17, 15) is 9.90 Å². The normalized spacial score (nSPS) is 23.0. The Morgan fingerprint density at radius 1 is 1.24 bits per heavy atom. The number of nitrogens with one attached hydrogen (secondary N) is 1. The molecule has 1 fully saturated rings. The molecule has 1 heterocycles. The fourth-order valence-corrected chi connectivity index (χ4v) is 3.56. The number of benzene rings is 1. The molecule has 1 aromatic heterocycles. The number of aliphatic hydroxyl groups is 1. The molecule has 0 aliphatic heterocycles. The van der Waals surface area contributed by atoms with Gasteiger partial charge in [0.15, 0.2) is 0 Å². The second-order valence-corrected chi connectivity index (χ2v) is 6.81. The van der Waals surface area contributed by atoms with Crippen LogP contribution in [0.4, 0.5) is 10.5 Å². The Morgan fingerprint density at radius 2 is 2.04 bits per heavy atom. The standard InChI is InChI=1S/C20H24N2O3/c1-14-9-16(11-17(23)10-14)18-7-8-21-12-19(18)22-20(24)25-13-15-5-3-2-4-6-15/h2-8,12,14,16-17,23H,9-11,13H2,1H3,(H,22,24)/t14?,16-,17+/m1/s1. The van der Waals surface area contributed by atoms with E-state index in [2.05, 4.69) is 17.2 Å². The Labute approximate surface area is 148 Å². The molecule has 1 aliphatic rings. The highest BCUT2D eigenvalue weighted by Crippen LogP contribution is 2.38. The molecule has 1 saturated carbocycles.